The maximum atomic E-state index is 12.7. The van der Waals surface area contributed by atoms with E-state index in [1.54, 1.807) is 6.08 Å². The first-order valence-electron chi connectivity index (χ1n) is 4.06. The Hall–Kier alpha value is -1.43. The Morgan fingerprint density at radius 1 is 1.36 bits per heavy atom. The van der Waals surface area contributed by atoms with Gasteiger partial charge in [-0.15, -0.1) is 0 Å². The smallest absolute Gasteiger partial charge is 0.169 e. The van der Waals surface area contributed by atoms with Crippen LogP contribution in [0.1, 0.15) is 6.42 Å². The summed E-state index contributed by atoms with van der Waals surface area (Å²) in [5, 5.41) is 0. The Balaban J connectivity index is 3.09. The minimum absolute atomic E-state index is 0.131. The van der Waals surface area contributed by atoms with Crippen LogP contribution in [0.5, 0.6) is 0 Å². The minimum Gasteiger partial charge on any atom is -0.169 e. The molecule has 1 aliphatic carbocycles. The Bertz CT molecular complexity index is 336. The molecule has 1 rings (SSSR count). The standard InChI is InChI=1S/C11H9F3/c1-2-3-7-10(11(12,13)14)8-5-4-6-9-10/h2,4-6,8H,1,9H2. The van der Waals surface area contributed by atoms with Crippen LogP contribution in [-0.4, -0.2) is 6.18 Å². The van der Waals surface area contributed by atoms with Crippen LogP contribution in [-0.2, 0) is 0 Å². The molecule has 0 aromatic rings. The second-order valence-corrected chi connectivity index (χ2v) is 2.93. The van der Waals surface area contributed by atoms with E-state index in [9.17, 15) is 13.2 Å². The summed E-state index contributed by atoms with van der Waals surface area (Å²) in [5.41, 5.74) is -2.03. The minimum atomic E-state index is -4.34. The van der Waals surface area contributed by atoms with Gasteiger partial charge in [-0.2, -0.15) is 13.2 Å². The second kappa shape index (κ2) is 3.75. The van der Waals surface area contributed by atoms with Crippen LogP contribution in [0, 0.1) is 17.3 Å². The number of hydrogen-bond acceptors (Lipinski definition) is 0. The number of allylic oxidation sites excluding steroid dienone is 5. The summed E-state index contributed by atoms with van der Waals surface area (Å²) < 4.78 is 38.1. The molecule has 0 heterocycles. The zero-order valence-electron chi connectivity index (χ0n) is 7.43. The van der Waals surface area contributed by atoms with Crippen LogP contribution in [0.25, 0.3) is 0 Å². The number of hydrogen-bond donors (Lipinski definition) is 0. The van der Waals surface area contributed by atoms with Crippen LogP contribution < -0.4 is 0 Å². The van der Waals surface area contributed by atoms with E-state index in [1.807, 2.05) is 0 Å². The summed E-state index contributed by atoms with van der Waals surface area (Å²) in [4.78, 5) is 0. The summed E-state index contributed by atoms with van der Waals surface area (Å²) in [6, 6.07) is 0. The maximum Gasteiger partial charge on any atom is 0.408 e. The summed E-state index contributed by atoms with van der Waals surface area (Å²) in [5.74, 6) is 4.47. The lowest BCUT2D eigenvalue weighted by Gasteiger charge is -2.27. The fourth-order valence-electron chi connectivity index (χ4n) is 1.17. The van der Waals surface area contributed by atoms with Crippen molar-refractivity contribution >= 4 is 0 Å². The first-order valence-corrected chi connectivity index (χ1v) is 4.06. The predicted molar refractivity (Wildman–Crippen MR) is 49.4 cm³/mol. The fourth-order valence-corrected chi connectivity index (χ4v) is 1.17. The fraction of sp³-hybridized carbons (Fsp3) is 0.273. The van der Waals surface area contributed by atoms with E-state index in [0.29, 0.717) is 0 Å². The van der Waals surface area contributed by atoms with Gasteiger partial charge < -0.3 is 0 Å². The number of alkyl halides is 3. The first kappa shape index (κ1) is 10.6. The van der Waals surface area contributed by atoms with Crippen molar-refractivity contribution in [1.82, 2.24) is 0 Å². The van der Waals surface area contributed by atoms with E-state index < -0.39 is 11.6 Å². The Labute approximate surface area is 80.8 Å². The molecule has 0 fully saturated rings. The molecule has 14 heavy (non-hydrogen) atoms. The van der Waals surface area contributed by atoms with Crippen molar-refractivity contribution in [3.05, 3.63) is 37.0 Å². The van der Waals surface area contributed by atoms with E-state index in [4.69, 9.17) is 0 Å². The molecule has 0 saturated heterocycles. The largest absolute Gasteiger partial charge is 0.408 e. The van der Waals surface area contributed by atoms with Gasteiger partial charge in [0.1, 0.15) is 5.41 Å². The normalized spacial score (nSPS) is 25.4. The van der Waals surface area contributed by atoms with Crippen molar-refractivity contribution < 1.29 is 13.2 Å². The average Bonchev–Trinajstić information content (AvgIpc) is 2.14. The Morgan fingerprint density at radius 2 is 2.07 bits per heavy atom. The van der Waals surface area contributed by atoms with E-state index in [2.05, 4.69) is 18.4 Å². The van der Waals surface area contributed by atoms with Crippen LogP contribution >= 0.6 is 0 Å². The SMILES string of the molecule is C=CC#CC1(C(F)(F)F)C=CC=CC1. The summed E-state index contributed by atoms with van der Waals surface area (Å²) in [6.07, 6.45) is 2.20. The van der Waals surface area contributed by atoms with E-state index in [0.717, 1.165) is 6.08 Å². The second-order valence-electron chi connectivity index (χ2n) is 2.93. The lowest BCUT2D eigenvalue weighted by atomic mass is 9.81. The predicted octanol–water partition coefficient (Wildman–Crippen LogP) is 3.24. The van der Waals surface area contributed by atoms with Crippen LogP contribution in [0.2, 0.25) is 0 Å². The zero-order chi connectivity index (χ0) is 10.7. The molecule has 0 nitrogen and oxygen atoms in total. The van der Waals surface area contributed by atoms with Gasteiger partial charge in [-0.1, -0.05) is 42.7 Å². The molecule has 0 N–H and O–H groups in total. The van der Waals surface area contributed by atoms with Crippen molar-refractivity contribution in [1.29, 1.82) is 0 Å². The van der Waals surface area contributed by atoms with Gasteiger partial charge >= 0.3 is 6.18 Å². The highest BCUT2D eigenvalue weighted by Gasteiger charge is 2.51. The molecule has 0 aliphatic heterocycles. The monoisotopic (exact) mass is 198 g/mol. The quantitative estimate of drug-likeness (QED) is 0.524. The Kier molecular flexibility index (Phi) is 2.85. The number of halogens is 3. The van der Waals surface area contributed by atoms with Crippen molar-refractivity contribution in [3.63, 3.8) is 0 Å². The lowest BCUT2D eigenvalue weighted by Crippen LogP contribution is -2.35. The molecular formula is C11H9F3. The maximum absolute atomic E-state index is 12.7. The summed E-state index contributed by atoms with van der Waals surface area (Å²) in [7, 11) is 0. The average molecular weight is 198 g/mol. The molecule has 1 aliphatic rings. The molecule has 1 atom stereocenters. The van der Waals surface area contributed by atoms with E-state index >= 15 is 0 Å². The van der Waals surface area contributed by atoms with E-state index in [1.165, 1.54) is 18.2 Å². The van der Waals surface area contributed by atoms with Gasteiger partial charge in [-0.25, -0.2) is 0 Å². The van der Waals surface area contributed by atoms with Crippen LogP contribution in [0.3, 0.4) is 0 Å². The van der Waals surface area contributed by atoms with Gasteiger partial charge in [0.05, 0.1) is 0 Å². The summed E-state index contributed by atoms with van der Waals surface area (Å²) >= 11 is 0. The van der Waals surface area contributed by atoms with Gasteiger partial charge in [0, 0.05) is 0 Å². The highest BCUT2D eigenvalue weighted by Crippen LogP contribution is 2.43. The number of rotatable bonds is 0. The first-order chi connectivity index (χ1) is 6.52. The van der Waals surface area contributed by atoms with Crippen LogP contribution in [0.15, 0.2) is 37.0 Å². The molecule has 0 saturated carbocycles. The van der Waals surface area contributed by atoms with Gasteiger partial charge in [0.15, 0.2) is 0 Å². The molecule has 74 valence electrons. The van der Waals surface area contributed by atoms with E-state index in [-0.39, 0.29) is 6.42 Å². The molecule has 0 aromatic heterocycles. The molecular weight excluding hydrogens is 189 g/mol. The molecule has 0 radical (unpaired) electrons. The van der Waals surface area contributed by atoms with Crippen molar-refractivity contribution in [2.24, 2.45) is 5.41 Å². The zero-order valence-corrected chi connectivity index (χ0v) is 7.43. The van der Waals surface area contributed by atoms with Gasteiger partial charge in [-0.3, -0.25) is 0 Å². The molecule has 0 amide bonds. The summed E-state index contributed by atoms with van der Waals surface area (Å²) in [6.45, 7) is 3.28. The molecule has 3 heteroatoms. The van der Waals surface area contributed by atoms with Gasteiger partial charge in [0.2, 0.25) is 0 Å². The Morgan fingerprint density at radius 3 is 2.50 bits per heavy atom. The third kappa shape index (κ3) is 1.90. The third-order valence-electron chi connectivity index (χ3n) is 1.97. The molecule has 0 spiro atoms. The van der Waals surface area contributed by atoms with Crippen molar-refractivity contribution in [3.8, 4) is 11.8 Å². The topological polar surface area (TPSA) is 0 Å². The highest BCUT2D eigenvalue weighted by molar-refractivity contribution is 5.32. The van der Waals surface area contributed by atoms with Gasteiger partial charge in [-0.05, 0) is 12.5 Å². The molecule has 0 bridgehead atoms. The molecule has 0 aromatic carbocycles. The third-order valence-corrected chi connectivity index (χ3v) is 1.97. The molecule has 1 unspecified atom stereocenters. The highest BCUT2D eigenvalue weighted by atomic mass is 19.4. The van der Waals surface area contributed by atoms with Crippen molar-refractivity contribution in [2.75, 3.05) is 0 Å². The van der Waals surface area contributed by atoms with Gasteiger partial charge in [0.25, 0.3) is 0 Å². The lowest BCUT2D eigenvalue weighted by molar-refractivity contribution is -0.185. The van der Waals surface area contributed by atoms with Crippen LogP contribution in [0.4, 0.5) is 13.2 Å². The van der Waals surface area contributed by atoms with Crippen molar-refractivity contribution in [2.45, 2.75) is 12.6 Å².